The largest absolute Gasteiger partial charge is 0.506 e. The Morgan fingerprint density at radius 2 is 1.08 bits per heavy atom. The first-order valence-electron chi connectivity index (χ1n) is 16.5. The van der Waals surface area contributed by atoms with E-state index in [-0.39, 0.29) is 40.9 Å². The number of phenols is 2. The quantitative estimate of drug-likeness (QED) is 0.0765. The molecule has 1 fully saturated rings. The predicted octanol–water partition coefficient (Wildman–Crippen LogP) is 9.36. The Kier molecular flexibility index (Phi) is 13.8. The summed E-state index contributed by atoms with van der Waals surface area (Å²) >= 11 is 7.90. The Hall–Kier alpha value is -2.23. The van der Waals surface area contributed by atoms with Crippen LogP contribution in [0.4, 0.5) is 0 Å². The number of halogens is 4. The molecular weight excluding hydrogens is 1120 g/mol. The monoisotopic (exact) mass is 1150 g/mol. The first-order valence-corrected chi connectivity index (χ1v) is 20.8. The molecule has 0 aromatic heterocycles. The molecule has 0 amide bonds. The standard InChI is InChI=1S/C39H37I4NO8/c1-38(2,22-17-20-44-21-18-22)52-31(45)16-19-39(3,23-4-8-25(9-5-23)50-36(48)32-27(40)12-14-29(42)34(32)46)24-6-10-26(11-7-24)51-37(49)33-28(41)13-15-30(43)35(33)47/h4-15,22,44,46-47H,16-21H2,1-3H3. The van der Waals surface area contributed by atoms with Gasteiger partial charge >= 0.3 is 17.9 Å². The Morgan fingerprint density at radius 1 is 0.673 bits per heavy atom. The van der Waals surface area contributed by atoms with E-state index in [1.807, 2.05) is 135 Å². The average Bonchev–Trinajstić information content (AvgIpc) is 3.11. The molecule has 0 atom stereocenters. The zero-order valence-electron chi connectivity index (χ0n) is 28.6. The molecule has 3 N–H and O–H groups in total. The number of piperidine rings is 1. The maximum Gasteiger partial charge on any atom is 0.348 e. The second-order valence-electron chi connectivity index (χ2n) is 13.3. The van der Waals surface area contributed by atoms with Crippen molar-refractivity contribution in [1.29, 1.82) is 0 Å². The minimum absolute atomic E-state index is 0.0973. The Labute approximate surface area is 357 Å². The number of hydrogen-bond acceptors (Lipinski definition) is 9. The number of carbonyl (C=O) groups is 3. The Morgan fingerprint density at radius 3 is 1.50 bits per heavy atom. The van der Waals surface area contributed by atoms with Gasteiger partial charge in [0.25, 0.3) is 0 Å². The van der Waals surface area contributed by atoms with Gasteiger partial charge in [-0.25, -0.2) is 9.59 Å². The summed E-state index contributed by atoms with van der Waals surface area (Å²) in [6.07, 6.45) is 2.43. The highest BCUT2D eigenvalue weighted by Crippen LogP contribution is 2.40. The van der Waals surface area contributed by atoms with Gasteiger partial charge in [0.2, 0.25) is 0 Å². The topological polar surface area (TPSA) is 131 Å². The van der Waals surface area contributed by atoms with Crippen LogP contribution in [-0.2, 0) is 14.9 Å². The van der Waals surface area contributed by atoms with Gasteiger partial charge in [0.15, 0.2) is 0 Å². The molecule has 274 valence electrons. The zero-order valence-corrected chi connectivity index (χ0v) is 37.2. The van der Waals surface area contributed by atoms with Crippen molar-refractivity contribution in [3.8, 4) is 23.0 Å². The lowest BCUT2D eigenvalue weighted by atomic mass is 9.73. The molecule has 9 nitrogen and oxygen atoms in total. The molecule has 1 aliphatic rings. The summed E-state index contributed by atoms with van der Waals surface area (Å²) in [5.41, 5.74) is 0.591. The van der Waals surface area contributed by atoms with Crippen molar-refractivity contribution < 1.29 is 38.8 Å². The molecule has 0 saturated carbocycles. The summed E-state index contributed by atoms with van der Waals surface area (Å²) in [6, 6.07) is 21.1. The molecule has 0 aliphatic carbocycles. The molecular formula is C39H37I4NO8. The van der Waals surface area contributed by atoms with Crippen LogP contribution in [0.5, 0.6) is 23.0 Å². The van der Waals surface area contributed by atoms with Crippen molar-refractivity contribution in [1.82, 2.24) is 5.32 Å². The summed E-state index contributed by atoms with van der Waals surface area (Å²) in [5.74, 6) is -1.03. The van der Waals surface area contributed by atoms with E-state index in [4.69, 9.17) is 14.2 Å². The van der Waals surface area contributed by atoms with E-state index < -0.39 is 23.0 Å². The fourth-order valence-corrected chi connectivity index (χ4v) is 8.53. The van der Waals surface area contributed by atoms with Gasteiger partial charge in [-0.05, 0) is 196 Å². The maximum atomic E-state index is 13.4. The lowest BCUT2D eigenvalue weighted by Crippen LogP contribution is -2.43. The smallest absolute Gasteiger partial charge is 0.348 e. The molecule has 1 saturated heterocycles. The van der Waals surface area contributed by atoms with E-state index in [1.54, 1.807) is 48.5 Å². The van der Waals surface area contributed by atoms with Gasteiger partial charge in [0, 0.05) is 24.9 Å². The van der Waals surface area contributed by atoms with E-state index >= 15 is 0 Å². The van der Waals surface area contributed by atoms with Crippen molar-refractivity contribution in [2.24, 2.45) is 5.92 Å². The highest BCUT2D eigenvalue weighted by Gasteiger charge is 2.36. The van der Waals surface area contributed by atoms with Crippen LogP contribution in [0.1, 0.15) is 78.3 Å². The molecule has 13 heteroatoms. The second kappa shape index (κ2) is 17.5. The van der Waals surface area contributed by atoms with Crippen LogP contribution in [0.3, 0.4) is 0 Å². The van der Waals surface area contributed by atoms with Crippen LogP contribution in [0, 0.1) is 20.2 Å². The Bertz CT molecular complexity index is 1840. The molecule has 4 aromatic carbocycles. The van der Waals surface area contributed by atoms with Crippen LogP contribution in [0.25, 0.3) is 0 Å². The molecule has 5 rings (SSSR count). The zero-order chi connectivity index (χ0) is 37.8. The van der Waals surface area contributed by atoms with Crippen LogP contribution < -0.4 is 14.8 Å². The van der Waals surface area contributed by atoms with E-state index in [0.29, 0.717) is 32.2 Å². The summed E-state index contributed by atoms with van der Waals surface area (Å²) in [6.45, 7) is 7.79. The molecule has 4 aromatic rings. The number of carbonyl (C=O) groups excluding carboxylic acids is 3. The lowest BCUT2D eigenvalue weighted by Gasteiger charge is -2.37. The number of rotatable bonds is 11. The number of ether oxygens (including phenoxy) is 3. The molecule has 52 heavy (non-hydrogen) atoms. The van der Waals surface area contributed by atoms with Gasteiger partial charge in [-0.1, -0.05) is 31.2 Å². The fourth-order valence-electron chi connectivity index (χ4n) is 6.32. The number of esters is 3. The summed E-state index contributed by atoms with van der Waals surface area (Å²) in [4.78, 5) is 39.5. The summed E-state index contributed by atoms with van der Waals surface area (Å²) in [5, 5.41) is 24.4. The van der Waals surface area contributed by atoms with Crippen LogP contribution in [0.2, 0.25) is 0 Å². The van der Waals surface area contributed by atoms with Crippen molar-refractivity contribution in [2.45, 2.75) is 57.5 Å². The van der Waals surface area contributed by atoms with Gasteiger partial charge in [0.1, 0.15) is 39.7 Å². The third kappa shape index (κ3) is 9.52. The van der Waals surface area contributed by atoms with Crippen LogP contribution in [-0.4, -0.2) is 46.8 Å². The first-order chi connectivity index (χ1) is 24.6. The third-order valence-electron chi connectivity index (χ3n) is 9.50. The van der Waals surface area contributed by atoms with Crippen molar-refractivity contribution in [2.75, 3.05) is 13.1 Å². The van der Waals surface area contributed by atoms with Crippen LogP contribution >= 0.6 is 90.4 Å². The van der Waals surface area contributed by atoms with E-state index in [1.165, 1.54) is 0 Å². The SMILES string of the molecule is CC(CCC(=O)OC(C)(C)C1CCNCC1)(c1ccc(OC(=O)c2c(I)ccc(I)c2O)cc1)c1ccc(OC(=O)c2c(I)ccc(I)c2O)cc1. The van der Waals surface area contributed by atoms with Gasteiger partial charge in [0.05, 0.1) is 7.14 Å². The van der Waals surface area contributed by atoms with E-state index in [9.17, 15) is 24.6 Å². The minimum atomic E-state index is -0.713. The predicted molar refractivity (Wildman–Crippen MR) is 231 cm³/mol. The van der Waals surface area contributed by atoms with E-state index in [0.717, 1.165) is 37.1 Å². The number of benzene rings is 4. The molecule has 0 bridgehead atoms. The highest BCUT2D eigenvalue weighted by atomic mass is 127. The van der Waals surface area contributed by atoms with Gasteiger partial charge in [-0.2, -0.15) is 0 Å². The van der Waals surface area contributed by atoms with Crippen molar-refractivity contribution in [3.05, 3.63) is 109 Å². The number of nitrogens with one attached hydrogen (secondary N) is 1. The minimum Gasteiger partial charge on any atom is -0.506 e. The number of phenolic OH excluding ortho intramolecular Hbond substituents is 2. The number of hydrogen-bond donors (Lipinski definition) is 3. The highest BCUT2D eigenvalue weighted by molar-refractivity contribution is 14.1. The normalized spacial score (nSPS) is 13.8. The molecule has 0 spiro atoms. The van der Waals surface area contributed by atoms with Crippen LogP contribution in [0.15, 0.2) is 72.8 Å². The lowest BCUT2D eigenvalue weighted by molar-refractivity contribution is -0.163. The first kappa shape index (κ1) is 40.9. The maximum absolute atomic E-state index is 13.4. The molecule has 1 heterocycles. The van der Waals surface area contributed by atoms with E-state index in [2.05, 4.69) is 5.32 Å². The molecule has 0 radical (unpaired) electrons. The van der Waals surface area contributed by atoms with Crippen molar-refractivity contribution in [3.63, 3.8) is 0 Å². The summed E-state index contributed by atoms with van der Waals surface area (Å²) < 4.78 is 19.6. The molecule has 1 aliphatic heterocycles. The fraction of sp³-hybridized carbons (Fsp3) is 0.308. The molecule has 0 unspecified atom stereocenters. The second-order valence-corrected chi connectivity index (χ2v) is 17.9. The number of aromatic hydroxyl groups is 2. The Balaban J connectivity index is 1.39. The summed E-state index contributed by atoms with van der Waals surface area (Å²) in [7, 11) is 0. The van der Waals surface area contributed by atoms with Crippen molar-refractivity contribution >= 4 is 108 Å². The third-order valence-corrected chi connectivity index (χ3v) is 13.0. The van der Waals surface area contributed by atoms with Gasteiger partial charge < -0.3 is 29.7 Å². The average molecular weight is 1160 g/mol. The van der Waals surface area contributed by atoms with Gasteiger partial charge in [-0.3, -0.25) is 4.79 Å². The van der Waals surface area contributed by atoms with Gasteiger partial charge in [-0.15, -0.1) is 0 Å².